The molecule has 24 heavy (non-hydrogen) atoms. The minimum Gasteiger partial charge on any atom is -0.462 e. The van der Waals surface area contributed by atoms with Crippen molar-refractivity contribution in [3.05, 3.63) is 59.9 Å². The van der Waals surface area contributed by atoms with Crippen molar-refractivity contribution in [2.45, 2.75) is 24.8 Å². The highest BCUT2D eigenvalue weighted by atomic mass is 32.2. The summed E-state index contributed by atoms with van der Waals surface area (Å²) in [5.41, 5.74) is 0.650. The number of nitrogens with zero attached hydrogens (tertiary/aromatic N) is 2. The Kier molecular flexibility index (Phi) is 5.69. The lowest BCUT2D eigenvalue weighted by Gasteiger charge is -2.24. The fourth-order valence-electron chi connectivity index (χ4n) is 2.24. The Bertz CT molecular complexity index is 806. The van der Waals surface area contributed by atoms with Crippen LogP contribution < -0.4 is 0 Å². The van der Waals surface area contributed by atoms with Gasteiger partial charge in [0.1, 0.15) is 0 Å². The van der Waals surface area contributed by atoms with Crippen LogP contribution in [0.25, 0.3) is 0 Å². The summed E-state index contributed by atoms with van der Waals surface area (Å²) in [4.78, 5) is 16.2. The van der Waals surface area contributed by atoms with Crippen molar-refractivity contribution in [3.63, 3.8) is 0 Å². The fraction of sp³-hybridized carbons (Fsp3) is 0.294. The predicted octanol–water partition coefficient (Wildman–Crippen LogP) is 2.64. The Morgan fingerprint density at radius 1 is 1.21 bits per heavy atom. The molecule has 1 aromatic carbocycles. The van der Waals surface area contributed by atoms with E-state index in [1.807, 2.05) is 0 Å². The zero-order valence-electron chi connectivity index (χ0n) is 13.8. The molecule has 0 spiro atoms. The third-order valence-corrected chi connectivity index (χ3v) is 5.69. The first-order chi connectivity index (χ1) is 11.4. The van der Waals surface area contributed by atoms with Crippen LogP contribution in [0.1, 0.15) is 35.9 Å². The van der Waals surface area contributed by atoms with Crippen LogP contribution >= 0.6 is 0 Å². The number of esters is 1. The molecule has 1 aromatic heterocycles. The van der Waals surface area contributed by atoms with E-state index in [-0.39, 0.29) is 17.1 Å². The van der Waals surface area contributed by atoms with Gasteiger partial charge in [-0.15, -0.1) is 0 Å². The molecule has 2 rings (SSSR count). The third kappa shape index (κ3) is 3.63. The summed E-state index contributed by atoms with van der Waals surface area (Å²) in [5, 5.41) is 0. The quantitative estimate of drug-likeness (QED) is 0.750. The van der Waals surface area contributed by atoms with Crippen LogP contribution in [0, 0.1) is 0 Å². The molecule has 7 heteroatoms. The Morgan fingerprint density at radius 2 is 1.88 bits per heavy atom. The van der Waals surface area contributed by atoms with Crippen LogP contribution in [-0.4, -0.2) is 37.3 Å². The van der Waals surface area contributed by atoms with E-state index in [1.165, 1.54) is 23.5 Å². The molecule has 0 fully saturated rings. The highest BCUT2D eigenvalue weighted by molar-refractivity contribution is 7.89. The average Bonchev–Trinajstić information content (AvgIpc) is 2.61. The molecular formula is C17H20N2O4S. The molecule has 1 heterocycles. The molecule has 0 radical (unpaired) electrons. The molecule has 6 nitrogen and oxygen atoms in total. The van der Waals surface area contributed by atoms with Crippen molar-refractivity contribution in [1.29, 1.82) is 0 Å². The first-order valence-corrected chi connectivity index (χ1v) is 8.98. The van der Waals surface area contributed by atoms with Gasteiger partial charge in [-0.05, 0) is 38.1 Å². The van der Waals surface area contributed by atoms with Gasteiger partial charge < -0.3 is 4.74 Å². The number of hydrogen-bond donors (Lipinski definition) is 0. The summed E-state index contributed by atoms with van der Waals surface area (Å²) in [6.07, 6.45) is 1.61. The highest BCUT2D eigenvalue weighted by Crippen LogP contribution is 2.26. The number of aromatic nitrogens is 1. The van der Waals surface area contributed by atoms with Gasteiger partial charge in [-0.25, -0.2) is 13.2 Å². The van der Waals surface area contributed by atoms with E-state index in [1.54, 1.807) is 50.4 Å². The number of hydrogen-bond acceptors (Lipinski definition) is 5. The van der Waals surface area contributed by atoms with Crippen molar-refractivity contribution in [2.75, 3.05) is 13.7 Å². The number of carbonyl (C=O) groups excluding carboxylic acids is 1. The van der Waals surface area contributed by atoms with Crippen molar-refractivity contribution in [3.8, 4) is 0 Å². The minimum absolute atomic E-state index is 0.0272. The normalized spacial score (nSPS) is 12.8. The fourth-order valence-corrected chi connectivity index (χ4v) is 3.76. The molecule has 1 atom stereocenters. The van der Waals surface area contributed by atoms with Crippen LogP contribution in [0.15, 0.2) is 53.6 Å². The largest absolute Gasteiger partial charge is 0.462 e. The van der Waals surface area contributed by atoms with Gasteiger partial charge in [-0.3, -0.25) is 4.98 Å². The van der Waals surface area contributed by atoms with Gasteiger partial charge in [0.05, 0.1) is 28.8 Å². The molecule has 0 bridgehead atoms. The van der Waals surface area contributed by atoms with Gasteiger partial charge in [0.25, 0.3) is 0 Å². The second kappa shape index (κ2) is 7.55. The zero-order chi connectivity index (χ0) is 17.7. The number of rotatable bonds is 6. The predicted molar refractivity (Wildman–Crippen MR) is 90.0 cm³/mol. The van der Waals surface area contributed by atoms with Gasteiger partial charge in [-0.2, -0.15) is 4.31 Å². The lowest BCUT2D eigenvalue weighted by Crippen LogP contribution is -2.31. The van der Waals surface area contributed by atoms with Crippen LogP contribution in [-0.2, 0) is 14.8 Å². The molecule has 0 unspecified atom stereocenters. The number of sulfonamides is 1. The monoisotopic (exact) mass is 348 g/mol. The topological polar surface area (TPSA) is 76.6 Å². The Balaban J connectivity index is 2.42. The minimum atomic E-state index is -3.89. The second-order valence-electron chi connectivity index (χ2n) is 5.17. The molecule has 0 N–H and O–H groups in total. The Hall–Kier alpha value is -2.25. The lowest BCUT2D eigenvalue weighted by atomic mass is 10.2. The summed E-state index contributed by atoms with van der Waals surface area (Å²) >= 11 is 0. The van der Waals surface area contributed by atoms with Crippen LogP contribution in [0.2, 0.25) is 0 Å². The average molecular weight is 348 g/mol. The maximum atomic E-state index is 13.0. The SMILES string of the molecule is CCOC(=O)c1ccccc1S(=O)(=O)N(C)[C@@H](C)c1ccccn1. The molecule has 0 aliphatic heterocycles. The van der Waals surface area contributed by atoms with Crippen LogP contribution in [0.5, 0.6) is 0 Å². The molecular weight excluding hydrogens is 328 g/mol. The summed E-state index contributed by atoms with van der Waals surface area (Å²) < 4.78 is 32.1. The van der Waals surface area contributed by atoms with E-state index >= 15 is 0 Å². The van der Waals surface area contributed by atoms with Crippen molar-refractivity contribution in [2.24, 2.45) is 0 Å². The number of carbonyl (C=O) groups is 1. The second-order valence-corrected chi connectivity index (χ2v) is 7.13. The summed E-state index contributed by atoms with van der Waals surface area (Å²) in [7, 11) is -2.42. The maximum Gasteiger partial charge on any atom is 0.339 e. The lowest BCUT2D eigenvalue weighted by molar-refractivity contribution is 0.0521. The number of pyridine rings is 1. The molecule has 0 saturated heterocycles. The smallest absolute Gasteiger partial charge is 0.339 e. The molecule has 0 saturated carbocycles. The highest BCUT2D eigenvalue weighted by Gasteiger charge is 2.30. The van der Waals surface area contributed by atoms with E-state index in [4.69, 9.17) is 4.74 Å². The number of benzene rings is 1. The van der Waals surface area contributed by atoms with E-state index < -0.39 is 22.0 Å². The van der Waals surface area contributed by atoms with Gasteiger partial charge in [-0.1, -0.05) is 18.2 Å². The molecule has 128 valence electrons. The van der Waals surface area contributed by atoms with Crippen molar-refractivity contribution >= 4 is 16.0 Å². The van der Waals surface area contributed by atoms with Crippen LogP contribution in [0.4, 0.5) is 0 Å². The van der Waals surface area contributed by atoms with E-state index in [9.17, 15) is 13.2 Å². The Morgan fingerprint density at radius 3 is 2.50 bits per heavy atom. The summed E-state index contributed by atoms with van der Waals surface area (Å²) in [6, 6.07) is 10.9. The summed E-state index contributed by atoms with van der Waals surface area (Å²) in [6.45, 7) is 3.59. The van der Waals surface area contributed by atoms with Gasteiger partial charge in [0, 0.05) is 13.2 Å². The molecule has 0 aliphatic rings. The van der Waals surface area contributed by atoms with E-state index in [0.717, 1.165) is 0 Å². The van der Waals surface area contributed by atoms with Gasteiger partial charge in [0.2, 0.25) is 10.0 Å². The van der Waals surface area contributed by atoms with E-state index in [0.29, 0.717) is 5.69 Å². The van der Waals surface area contributed by atoms with Gasteiger partial charge >= 0.3 is 5.97 Å². The van der Waals surface area contributed by atoms with Gasteiger partial charge in [0.15, 0.2) is 0 Å². The maximum absolute atomic E-state index is 13.0. The van der Waals surface area contributed by atoms with Crippen LogP contribution in [0.3, 0.4) is 0 Å². The first kappa shape index (κ1) is 18.1. The third-order valence-electron chi connectivity index (χ3n) is 3.70. The molecule has 2 aromatic rings. The summed E-state index contributed by atoms with van der Waals surface area (Å²) in [5.74, 6) is -0.657. The van der Waals surface area contributed by atoms with Crippen molar-refractivity contribution < 1.29 is 17.9 Å². The molecule has 0 aliphatic carbocycles. The molecule has 0 amide bonds. The first-order valence-electron chi connectivity index (χ1n) is 7.54. The van der Waals surface area contributed by atoms with Crippen molar-refractivity contribution in [1.82, 2.24) is 9.29 Å². The standard InChI is InChI=1S/C17H20N2O4S/c1-4-23-17(20)14-9-5-6-11-16(14)24(21,22)19(3)13(2)15-10-7-8-12-18-15/h5-13H,4H2,1-3H3/t13-/m0/s1. The Labute approximate surface area is 142 Å². The zero-order valence-corrected chi connectivity index (χ0v) is 14.7. The van der Waals surface area contributed by atoms with E-state index in [2.05, 4.69) is 4.98 Å². The number of ether oxygens (including phenoxy) is 1.